The first-order chi connectivity index (χ1) is 11.7. The Morgan fingerprint density at radius 3 is 1.75 bits per heavy atom. The van der Waals surface area contributed by atoms with E-state index in [0.717, 1.165) is 5.75 Å². The fraction of sp³-hybridized carbons (Fsp3) is 0.143. The summed E-state index contributed by atoms with van der Waals surface area (Å²) in [5, 5.41) is 3.24. The van der Waals surface area contributed by atoms with E-state index in [-0.39, 0.29) is 0 Å². The summed E-state index contributed by atoms with van der Waals surface area (Å²) < 4.78 is 10.2. The second-order valence-electron chi connectivity index (χ2n) is 6.57. The van der Waals surface area contributed by atoms with Crippen LogP contribution in [0.15, 0.2) is 72.8 Å². The maximum absolute atomic E-state index is 5.37. The summed E-state index contributed by atoms with van der Waals surface area (Å²) >= 11 is -2.90. The zero-order valence-corrected chi connectivity index (χ0v) is 18.2. The monoisotopic (exact) mass is 437 g/mol. The summed E-state index contributed by atoms with van der Waals surface area (Å²) in [6.07, 6.45) is 0. The summed E-state index contributed by atoms with van der Waals surface area (Å²) in [5.74, 6) is 0.936. The van der Waals surface area contributed by atoms with Gasteiger partial charge in [0.2, 0.25) is 0 Å². The molecule has 0 aliphatic carbocycles. The predicted octanol–water partition coefficient (Wildman–Crippen LogP) is 1.35. The van der Waals surface area contributed by atoms with Crippen molar-refractivity contribution < 1.29 is 4.74 Å². The molecule has 4 rings (SSSR count). The zero-order chi connectivity index (χ0) is 16.7. The first kappa shape index (κ1) is 16.0. The van der Waals surface area contributed by atoms with Crippen molar-refractivity contribution in [2.75, 3.05) is 7.11 Å². The van der Waals surface area contributed by atoms with E-state index in [2.05, 4.69) is 84.3 Å². The van der Waals surface area contributed by atoms with Gasteiger partial charge in [-0.15, -0.1) is 0 Å². The first-order valence-electron chi connectivity index (χ1n) is 8.34. The van der Waals surface area contributed by atoms with E-state index >= 15 is 0 Å². The molecule has 1 heterocycles. The van der Waals surface area contributed by atoms with Crippen molar-refractivity contribution in [3.05, 3.63) is 72.8 Å². The van der Waals surface area contributed by atoms with Gasteiger partial charge in [0.05, 0.1) is 0 Å². The molecule has 1 radical (unpaired) electrons. The van der Waals surface area contributed by atoms with Crippen LogP contribution in [0.4, 0.5) is 0 Å². The summed E-state index contributed by atoms with van der Waals surface area (Å²) in [7, 11) is 1.06. The number of methoxy groups -OCH3 is 1. The molecule has 24 heavy (non-hydrogen) atoms. The van der Waals surface area contributed by atoms with E-state index < -0.39 is 27.2 Å². The number of fused-ring (bicyclic) bond motifs is 2. The second-order valence-corrected chi connectivity index (χ2v) is 20.0. The fourth-order valence-electron chi connectivity index (χ4n) is 4.02. The number of hydrogen-bond acceptors (Lipinski definition) is 1. The first-order valence-corrected chi connectivity index (χ1v) is 17.5. The van der Waals surface area contributed by atoms with Crippen molar-refractivity contribution in [2.24, 2.45) is 0 Å². The molecule has 0 bridgehead atoms. The predicted molar refractivity (Wildman–Crippen MR) is 107 cm³/mol. The van der Waals surface area contributed by atoms with Crippen LogP contribution in [0.3, 0.4) is 0 Å². The maximum atomic E-state index is 5.37. The van der Waals surface area contributed by atoms with E-state index in [1.807, 2.05) is 0 Å². The molecule has 0 unspecified atom stereocenters. The summed E-state index contributed by atoms with van der Waals surface area (Å²) in [5.41, 5.74) is 0. The van der Waals surface area contributed by atoms with Gasteiger partial charge in [-0.05, 0) is 0 Å². The van der Waals surface area contributed by atoms with Gasteiger partial charge in [0, 0.05) is 0 Å². The van der Waals surface area contributed by atoms with Gasteiger partial charge in [0.15, 0.2) is 0 Å². The normalized spacial score (nSPS) is 15.5. The van der Waals surface area contributed by atoms with Crippen LogP contribution in [0.2, 0.25) is 11.5 Å². The molecule has 0 aromatic heterocycles. The van der Waals surface area contributed by atoms with Crippen molar-refractivity contribution in [2.45, 2.75) is 11.5 Å². The molecular weight excluding hydrogens is 415 g/mol. The van der Waals surface area contributed by atoms with Crippen LogP contribution in [-0.2, 0) is 0 Å². The molecule has 0 saturated carbocycles. The molecule has 0 saturated heterocycles. The summed E-state index contributed by atoms with van der Waals surface area (Å²) in [4.78, 5) is 2.57. The van der Waals surface area contributed by atoms with Gasteiger partial charge in [-0.3, -0.25) is 0 Å². The van der Waals surface area contributed by atoms with Crippen molar-refractivity contribution in [3.63, 3.8) is 0 Å². The quantitative estimate of drug-likeness (QED) is 0.552. The van der Waals surface area contributed by atoms with Gasteiger partial charge in [0.25, 0.3) is 0 Å². The van der Waals surface area contributed by atoms with Gasteiger partial charge < -0.3 is 0 Å². The molecule has 0 spiro atoms. The van der Waals surface area contributed by atoms with Crippen LogP contribution >= 0.6 is 0 Å². The van der Waals surface area contributed by atoms with Gasteiger partial charge in [0.1, 0.15) is 0 Å². The Bertz CT molecular complexity index is 841. The van der Waals surface area contributed by atoms with Crippen molar-refractivity contribution in [1.29, 1.82) is 0 Å². The van der Waals surface area contributed by atoms with E-state index in [1.54, 1.807) is 24.6 Å². The van der Waals surface area contributed by atoms with E-state index in [1.165, 1.54) is 3.58 Å². The van der Waals surface area contributed by atoms with Crippen LogP contribution in [-0.4, -0.2) is 34.3 Å². The molecule has 3 aromatic rings. The average molecular weight is 436 g/mol. The molecule has 0 atom stereocenters. The molecular formula is C21H21OSiSn. The molecule has 119 valence electrons. The van der Waals surface area contributed by atoms with Crippen LogP contribution < -0.4 is 25.8 Å². The minimum atomic E-state index is -2.90. The zero-order valence-electron chi connectivity index (χ0n) is 14.3. The Labute approximate surface area is 149 Å². The van der Waals surface area contributed by atoms with Gasteiger partial charge >= 0.3 is 150 Å². The van der Waals surface area contributed by atoms with E-state index in [9.17, 15) is 0 Å². The third kappa shape index (κ3) is 2.27. The fourth-order valence-corrected chi connectivity index (χ4v) is 23.5. The minimum absolute atomic E-state index is 0.669. The standard InChI is InChI=1S/C13H11Si.C7H7O.CH3.Sn/c1-14(12-8-4-2-5-9-12)13-10-6-3-7-11-13;1-8-7-5-3-2-4-6-7;;/h2-8,10H,1H3;3-6H,1H3;1H3;. The Kier molecular flexibility index (Phi) is 4.05. The van der Waals surface area contributed by atoms with E-state index in [4.69, 9.17) is 4.74 Å². The number of rotatable bonds is 2. The molecule has 1 nitrogen and oxygen atoms in total. The summed E-state index contributed by atoms with van der Waals surface area (Å²) in [6.45, 7) is 2.45. The SMILES string of the molecule is COc1cc[c]([Sn]2([CH3])[c]3ccccc3[Si](C)c3cccc[c]32)cc1. The topological polar surface area (TPSA) is 9.23 Å². The molecule has 0 amide bonds. The second kappa shape index (κ2) is 6.08. The van der Waals surface area contributed by atoms with Crippen molar-refractivity contribution >= 4 is 48.3 Å². The van der Waals surface area contributed by atoms with Gasteiger partial charge in [-0.25, -0.2) is 0 Å². The Morgan fingerprint density at radius 1 is 0.750 bits per heavy atom. The average Bonchev–Trinajstić information content (AvgIpc) is 2.66. The third-order valence-electron chi connectivity index (χ3n) is 5.41. The van der Waals surface area contributed by atoms with Crippen LogP contribution in [0.1, 0.15) is 0 Å². The van der Waals surface area contributed by atoms with Crippen molar-refractivity contribution in [3.8, 4) is 5.75 Å². The molecule has 3 aromatic carbocycles. The van der Waals surface area contributed by atoms with Crippen molar-refractivity contribution in [1.82, 2.24) is 0 Å². The van der Waals surface area contributed by atoms with Crippen LogP contribution in [0.5, 0.6) is 5.75 Å². The summed E-state index contributed by atoms with van der Waals surface area (Å²) in [6, 6.07) is 27.3. The van der Waals surface area contributed by atoms with Gasteiger partial charge in [-0.1, -0.05) is 0 Å². The third-order valence-corrected chi connectivity index (χ3v) is 22.2. The molecule has 3 heteroatoms. The van der Waals surface area contributed by atoms with Crippen LogP contribution in [0.25, 0.3) is 0 Å². The molecule has 0 N–H and O–H groups in total. The number of ether oxygens (including phenoxy) is 1. The molecule has 0 fully saturated rings. The van der Waals surface area contributed by atoms with Crippen LogP contribution in [0, 0.1) is 0 Å². The Morgan fingerprint density at radius 2 is 1.25 bits per heavy atom. The molecule has 1 aliphatic heterocycles. The van der Waals surface area contributed by atoms with Gasteiger partial charge in [-0.2, -0.15) is 0 Å². The van der Waals surface area contributed by atoms with E-state index in [0.29, 0.717) is 0 Å². The number of hydrogen-bond donors (Lipinski definition) is 0. The molecule has 1 aliphatic rings. The Hall–Kier alpha value is -1.52. The number of benzene rings is 3. The Balaban J connectivity index is 2.01.